The van der Waals surface area contributed by atoms with E-state index in [9.17, 15) is 4.79 Å². The third kappa shape index (κ3) is 3.68. The molecule has 9 heteroatoms. The maximum atomic E-state index is 12.4. The van der Waals surface area contributed by atoms with E-state index >= 15 is 0 Å². The van der Waals surface area contributed by atoms with Gasteiger partial charge >= 0.3 is 0 Å². The highest BCUT2D eigenvalue weighted by atomic mass is 16.1. The Kier molecular flexibility index (Phi) is 5.29. The van der Waals surface area contributed by atoms with Crippen LogP contribution in [0.1, 0.15) is 31.0 Å². The van der Waals surface area contributed by atoms with Crippen LogP contribution in [0.5, 0.6) is 0 Å². The molecule has 1 N–H and O–H groups in total. The number of H-pyrrole nitrogens is 1. The van der Waals surface area contributed by atoms with E-state index in [1.165, 1.54) is 10.8 Å². The molecule has 3 aromatic heterocycles. The molecule has 0 atom stereocenters. The highest BCUT2D eigenvalue weighted by Crippen LogP contribution is 2.29. The first-order valence-electron chi connectivity index (χ1n) is 10.6. The molecule has 0 amide bonds. The maximum Gasteiger partial charge on any atom is 0.275 e. The van der Waals surface area contributed by atoms with Crippen molar-refractivity contribution in [3.8, 4) is 22.5 Å². The lowest BCUT2D eigenvalue weighted by Gasteiger charge is -2.15. The number of aryl methyl sites for hydroxylation is 1. The monoisotopic (exact) mass is 426 g/mol. The zero-order chi connectivity index (χ0) is 21.9. The summed E-state index contributed by atoms with van der Waals surface area (Å²) in [4.78, 5) is 16.7. The standard InChI is InChI=1S/C23H22N8O/c1-2-3-6-18-13-21(32)31-23(24-15-25-31)30(18)14-16-9-11-17(12-10-16)19-7-4-5-8-20(19)22-26-28-29-27-22/h4-5,7-13,15H,2-3,6,14H2,1H3,(H,26,27,28,29). The number of aromatic nitrogens is 8. The Morgan fingerprint density at radius 1 is 1.03 bits per heavy atom. The van der Waals surface area contributed by atoms with Crippen LogP contribution in [-0.2, 0) is 13.0 Å². The molecule has 32 heavy (non-hydrogen) atoms. The van der Waals surface area contributed by atoms with Gasteiger partial charge in [-0.15, -0.1) is 10.2 Å². The number of benzene rings is 2. The minimum absolute atomic E-state index is 0.145. The fourth-order valence-corrected chi connectivity index (χ4v) is 3.90. The van der Waals surface area contributed by atoms with Crippen molar-refractivity contribution < 1.29 is 0 Å². The summed E-state index contributed by atoms with van der Waals surface area (Å²) in [7, 11) is 0. The number of hydrogen-bond acceptors (Lipinski definition) is 6. The molecule has 0 radical (unpaired) electrons. The first kappa shape index (κ1) is 19.8. The van der Waals surface area contributed by atoms with Crippen LogP contribution >= 0.6 is 0 Å². The van der Waals surface area contributed by atoms with E-state index in [-0.39, 0.29) is 5.56 Å². The van der Waals surface area contributed by atoms with Crippen molar-refractivity contribution in [1.82, 2.24) is 39.8 Å². The highest BCUT2D eigenvalue weighted by molar-refractivity contribution is 5.80. The van der Waals surface area contributed by atoms with Crippen LogP contribution in [0, 0.1) is 0 Å². The Labute approximate surface area is 183 Å². The molecular weight excluding hydrogens is 404 g/mol. The zero-order valence-electron chi connectivity index (χ0n) is 17.6. The molecular formula is C23H22N8O. The van der Waals surface area contributed by atoms with E-state index in [2.05, 4.69) is 66.5 Å². The van der Waals surface area contributed by atoms with Crippen molar-refractivity contribution in [3.63, 3.8) is 0 Å². The molecule has 160 valence electrons. The van der Waals surface area contributed by atoms with Crippen molar-refractivity contribution in [2.24, 2.45) is 0 Å². The SMILES string of the molecule is CCCCc1cc(=O)n2ncnc2n1Cc1ccc(-c2ccccc2-c2nn[nH]n2)cc1. The summed E-state index contributed by atoms with van der Waals surface area (Å²) in [5, 5.41) is 18.5. The molecule has 0 unspecified atom stereocenters. The Morgan fingerprint density at radius 2 is 1.84 bits per heavy atom. The summed E-state index contributed by atoms with van der Waals surface area (Å²) in [6.45, 7) is 2.75. The van der Waals surface area contributed by atoms with E-state index < -0.39 is 0 Å². The van der Waals surface area contributed by atoms with Gasteiger partial charge in [0.05, 0.1) is 6.54 Å². The molecule has 5 aromatic rings. The van der Waals surface area contributed by atoms with Gasteiger partial charge in [-0.3, -0.25) is 4.79 Å². The number of fused-ring (bicyclic) bond motifs is 1. The molecule has 0 aliphatic carbocycles. The van der Waals surface area contributed by atoms with E-state index in [4.69, 9.17) is 0 Å². The van der Waals surface area contributed by atoms with E-state index in [1.54, 1.807) is 6.07 Å². The fraction of sp³-hybridized carbons (Fsp3) is 0.217. The van der Waals surface area contributed by atoms with Crippen LogP contribution in [0.2, 0.25) is 0 Å². The van der Waals surface area contributed by atoms with Gasteiger partial charge in [0.25, 0.3) is 5.56 Å². The largest absolute Gasteiger partial charge is 0.310 e. The van der Waals surface area contributed by atoms with Crippen molar-refractivity contribution >= 4 is 5.78 Å². The van der Waals surface area contributed by atoms with E-state index in [1.807, 2.05) is 24.3 Å². The second-order valence-electron chi connectivity index (χ2n) is 7.61. The van der Waals surface area contributed by atoms with Crippen LogP contribution in [0.4, 0.5) is 0 Å². The number of tetrazole rings is 1. The van der Waals surface area contributed by atoms with Crippen LogP contribution in [-0.4, -0.2) is 39.8 Å². The summed E-state index contributed by atoms with van der Waals surface area (Å²) in [5.74, 6) is 1.13. The molecule has 0 aliphatic heterocycles. The van der Waals surface area contributed by atoms with Gasteiger partial charge in [0, 0.05) is 17.3 Å². The minimum Gasteiger partial charge on any atom is -0.310 e. The summed E-state index contributed by atoms with van der Waals surface area (Å²) in [6.07, 6.45) is 4.32. The van der Waals surface area contributed by atoms with Crippen molar-refractivity contribution in [1.29, 1.82) is 0 Å². The lowest BCUT2D eigenvalue weighted by Crippen LogP contribution is -2.22. The van der Waals surface area contributed by atoms with Crippen LogP contribution < -0.4 is 5.56 Å². The van der Waals surface area contributed by atoms with Crippen molar-refractivity contribution in [2.45, 2.75) is 32.7 Å². The third-order valence-corrected chi connectivity index (χ3v) is 5.52. The van der Waals surface area contributed by atoms with Gasteiger partial charge in [-0.25, -0.2) is 0 Å². The average molecular weight is 426 g/mol. The fourth-order valence-electron chi connectivity index (χ4n) is 3.90. The quantitative estimate of drug-likeness (QED) is 0.428. The van der Waals surface area contributed by atoms with Gasteiger partial charge in [0.15, 0.2) is 0 Å². The number of nitrogens with one attached hydrogen (secondary N) is 1. The predicted octanol–water partition coefficient (Wildman–Crippen LogP) is 3.13. The summed E-state index contributed by atoms with van der Waals surface area (Å²) in [6, 6.07) is 18.0. The number of hydrogen-bond donors (Lipinski definition) is 1. The molecule has 0 aliphatic rings. The van der Waals surface area contributed by atoms with Crippen LogP contribution in [0.15, 0.2) is 65.7 Å². The van der Waals surface area contributed by atoms with Gasteiger partial charge in [-0.1, -0.05) is 61.9 Å². The average Bonchev–Trinajstić information content (AvgIpc) is 3.53. The predicted molar refractivity (Wildman–Crippen MR) is 120 cm³/mol. The maximum absolute atomic E-state index is 12.4. The van der Waals surface area contributed by atoms with E-state index in [0.717, 1.165) is 47.2 Å². The number of aromatic amines is 1. The Hall–Kier alpha value is -4.14. The summed E-state index contributed by atoms with van der Waals surface area (Å²) < 4.78 is 3.43. The second kappa shape index (κ2) is 8.54. The zero-order valence-corrected chi connectivity index (χ0v) is 17.6. The normalized spacial score (nSPS) is 11.3. The third-order valence-electron chi connectivity index (χ3n) is 5.52. The Bertz CT molecular complexity index is 1400. The molecule has 0 fully saturated rings. The lowest BCUT2D eigenvalue weighted by atomic mass is 9.98. The van der Waals surface area contributed by atoms with Crippen LogP contribution in [0.3, 0.4) is 0 Å². The minimum atomic E-state index is -0.145. The number of unbranched alkanes of at least 4 members (excludes halogenated alkanes) is 1. The van der Waals surface area contributed by atoms with Gasteiger partial charge in [0.2, 0.25) is 11.6 Å². The van der Waals surface area contributed by atoms with Crippen molar-refractivity contribution in [2.75, 3.05) is 0 Å². The number of nitrogens with zero attached hydrogens (tertiary/aromatic N) is 7. The molecule has 0 bridgehead atoms. The first-order valence-corrected chi connectivity index (χ1v) is 10.6. The smallest absolute Gasteiger partial charge is 0.275 e. The Balaban J connectivity index is 1.49. The molecule has 9 nitrogen and oxygen atoms in total. The van der Waals surface area contributed by atoms with Gasteiger partial charge < -0.3 is 4.57 Å². The molecule has 2 aromatic carbocycles. The first-order chi connectivity index (χ1) is 15.7. The Morgan fingerprint density at radius 3 is 2.59 bits per heavy atom. The topological polar surface area (TPSA) is 107 Å². The molecule has 0 spiro atoms. The van der Waals surface area contributed by atoms with Gasteiger partial charge in [0.1, 0.15) is 6.33 Å². The summed E-state index contributed by atoms with van der Waals surface area (Å²) in [5.41, 5.74) is 4.95. The molecule has 0 saturated carbocycles. The molecule has 3 heterocycles. The molecule has 5 rings (SSSR count). The second-order valence-corrected chi connectivity index (χ2v) is 7.61. The molecule has 0 saturated heterocycles. The highest BCUT2D eigenvalue weighted by Gasteiger charge is 2.13. The van der Waals surface area contributed by atoms with Gasteiger partial charge in [-0.05, 0) is 34.7 Å². The lowest BCUT2D eigenvalue weighted by molar-refractivity contribution is 0.672. The summed E-state index contributed by atoms with van der Waals surface area (Å²) >= 11 is 0. The van der Waals surface area contributed by atoms with Crippen molar-refractivity contribution in [3.05, 3.63) is 82.5 Å². The van der Waals surface area contributed by atoms with Gasteiger partial charge in [-0.2, -0.15) is 19.8 Å². The number of rotatable bonds is 7. The van der Waals surface area contributed by atoms with E-state index in [0.29, 0.717) is 18.1 Å². The van der Waals surface area contributed by atoms with Crippen LogP contribution in [0.25, 0.3) is 28.3 Å².